The lowest BCUT2D eigenvalue weighted by Gasteiger charge is -2.32. The third-order valence-electron chi connectivity index (χ3n) is 5.34. The molecule has 2 N–H and O–H groups in total. The molecule has 3 rings (SSSR count). The third kappa shape index (κ3) is 4.18. The van der Waals surface area contributed by atoms with E-state index < -0.39 is 0 Å². The number of H-pyrrole nitrogens is 1. The molecule has 26 heavy (non-hydrogen) atoms. The van der Waals surface area contributed by atoms with E-state index in [1.54, 1.807) is 4.90 Å². The number of carbonyl (C=O) groups excluding carboxylic acids is 2. The van der Waals surface area contributed by atoms with Crippen molar-refractivity contribution in [1.82, 2.24) is 15.2 Å². The fourth-order valence-electron chi connectivity index (χ4n) is 3.99. The number of aromatic nitrogens is 1. The second-order valence-electron chi connectivity index (χ2n) is 8.14. The van der Waals surface area contributed by atoms with Crippen LogP contribution < -0.4 is 10.9 Å². The van der Waals surface area contributed by atoms with Gasteiger partial charge in [0, 0.05) is 30.8 Å². The Hall–Kier alpha value is -1.66. The first-order valence-electron chi connectivity index (χ1n) is 9.04. The van der Waals surface area contributed by atoms with Gasteiger partial charge in [0.15, 0.2) is 5.78 Å². The topological polar surface area (TPSA) is 82.3 Å². The Balaban J connectivity index is 0.00000243. The number of ketones is 1. The van der Waals surface area contributed by atoms with Crippen molar-refractivity contribution in [3.8, 4) is 0 Å². The molecule has 6 nitrogen and oxygen atoms in total. The molecule has 1 saturated heterocycles. The first-order valence-corrected chi connectivity index (χ1v) is 9.04. The molecule has 0 unspecified atom stereocenters. The number of likely N-dealkylation sites (tertiary alicyclic amines) is 1. The quantitative estimate of drug-likeness (QED) is 0.839. The van der Waals surface area contributed by atoms with Gasteiger partial charge in [0.2, 0.25) is 0 Å². The number of nitrogens with zero attached hydrogens (tertiary/aromatic N) is 1. The van der Waals surface area contributed by atoms with Gasteiger partial charge in [0.25, 0.3) is 11.5 Å². The second kappa shape index (κ2) is 7.92. The van der Waals surface area contributed by atoms with Gasteiger partial charge >= 0.3 is 0 Å². The van der Waals surface area contributed by atoms with Gasteiger partial charge in [-0.25, -0.2) is 0 Å². The predicted molar refractivity (Wildman–Crippen MR) is 103 cm³/mol. The van der Waals surface area contributed by atoms with Gasteiger partial charge in [-0.1, -0.05) is 13.8 Å². The Morgan fingerprint density at radius 1 is 1.27 bits per heavy atom. The van der Waals surface area contributed by atoms with Crippen molar-refractivity contribution in [2.45, 2.75) is 39.5 Å². The summed E-state index contributed by atoms with van der Waals surface area (Å²) in [6.07, 6.45) is 2.95. The summed E-state index contributed by atoms with van der Waals surface area (Å²) in [6, 6.07) is 1.52. The average molecular weight is 382 g/mol. The van der Waals surface area contributed by atoms with Crippen LogP contribution in [0.15, 0.2) is 10.9 Å². The monoisotopic (exact) mass is 381 g/mol. The zero-order valence-electron chi connectivity index (χ0n) is 15.7. The maximum Gasteiger partial charge on any atom is 0.261 e. The molecule has 1 aliphatic heterocycles. The van der Waals surface area contributed by atoms with Gasteiger partial charge in [-0.15, -0.1) is 12.4 Å². The van der Waals surface area contributed by atoms with Crippen LogP contribution in [0.25, 0.3) is 0 Å². The Morgan fingerprint density at radius 3 is 2.54 bits per heavy atom. The highest BCUT2D eigenvalue weighted by Gasteiger charge is 2.33. The van der Waals surface area contributed by atoms with E-state index in [1.807, 2.05) is 20.9 Å². The van der Waals surface area contributed by atoms with E-state index in [0.717, 1.165) is 19.4 Å². The smallest absolute Gasteiger partial charge is 0.261 e. The number of amides is 1. The number of hydrogen-bond donors (Lipinski definition) is 2. The van der Waals surface area contributed by atoms with Crippen LogP contribution in [-0.2, 0) is 6.42 Å². The van der Waals surface area contributed by atoms with Crippen LogP contribution in [0.4, 0.5) is 0 Å². The molecule has 0 radical (unpaired) electrons. The van der Waals surface area contributed by atoms with E-state index in [-0.39, 0.29) is 40.6 Å². The van der Waals surface area contributed by atoms with Crippen LogP contribution in [0.2, 0.25) is 0 Å². The molecule has 0 spiro atoms. The summed E-state index contributed by atoms with van der Waals surface area (Å²) in [6.45, 7) is 6.29. The fraction of sp³-hybridized carbons (Fsp3) is 0.632. The average Bonchev–Trinajstić information content (AvgIpc) is 2.53. The van der Waals surface area contributed by atoms with Crippen LogP contribution in [-0.4, -0.2) is 48.3 Å². The third-order valence-corrected chi connectivity index (χ3v) is 5.34. The minimum atomic E-state index is -0.383. The molecular weight excluding hydrogens is 354 g/mol. The van der Waals surface area contributed by atoms with Crippen LogP contribution in [0.5, 0.6) is 0 Å². The predicted octanol–water partition coefficient (Wildman–Crippen LogP) is 2.02. The highest BCUT2D eigenvalue weighted by Crippen LogP contribution is 2.33. The molecule has 1 amide bonds. The molecule has 144 valence electrons. The summed E-state index contributed by atoms with van der Waals surface area (Å²) in [5, 5.41) is 3.17. The van der Waals surface area contributed by atoms with Gasteiger partial charge < -0.3 is 15.2 Å². The summed E-state index contributed by atoms with van der Waals surface area (Å²) < 4.78 is 0. The van der Waals surface area contributed by atoms with Crippen molar-refractivity contribution in [2.24, 2.45) is 11.3 Å². The number of halogens is 1. The van der Waals surface area contributed by atoms with Crippen LogP contribution in [0, 0.1) is 11.3 Å². The Bertz CT molecular complexity index is 749. The van der Waals surface area contributed by atoms with Gasteiger partial charge in [-0.05, 0) is 50.3 Å². The van der Waals surface area contributed by atoms with Crippen molar-refractivity contribution >= 4 is 24.1 Å². The maximum absolute atomic E-state index is 12.8. The van der Waals surface area contributed by atoms with E-state index in [9.17, 15) is 14.4 Å². The van der Waals surface area contributed by atoms with Gasteiger partial charge in [-0.2, -0.15) is 0 Å². The summed E-state index contributed by atoms with van der Waals surface area (Å²) in [4.78, 5) is 42.2. The lowest BCUT2D eigenvalue weighted by molar-refractivity contribution is 0.0689. The summed E-state index contributed by atoms with van der Waals surface area (Å²) in [5.41, 5.74) is 0.724. The number of carbonyl (C=O) groups is 2. The lowest BCUT2D eigenvalue weighted by Crippen LogP contribution is -2.42. The van der Waals surface area contributed by atoms with Crippen LogP contribution in [0.3, 0.4) is 0 Å². The van der Waals surface area contributed by atoms with E-state index in [1.165, 1.54) is 6.07 Å². The molecule has 2 aliphatic rings. The Morgan fingerprint density at radius 2 is 1.92 bits per heavy atom. The zero-order valence-corrected chi connectivity index (χ0v) is 16.5. The minimum Gasteiger partial charge on any atom is -0.338 e. The number of pyridine rings is 1. The largest absolute Gasteiger partial charge is 0.338 e. The second-order valence-corrected chi connectivity index (χ2v) is 8.14. The summed E-state index contributed by atoms with van der Waals surface area (Å²) in [7, 11) is 1.93. The first-order chi connectivity index (χ1) is 11.8. The molecule has 1 aromatic rings. The molecule has 1 aromatic heterocycles. The number of rotatable bonds is 3. The van der Waals surface area contributed by atoms with E-state index in [4.69, 9.17) is 0 Å². The highest BCUT2D eigenvalue weighted by atomic mass is 35.5. The standard InChI is InChI=1S/C19H27N3O3.ClH/c1-19(2)9-15-13(16(23)10-19)8-14(17(24)21-15)18(25)22-6-4-12(5-7-22)11-20-3;/h8,12,20H,4-7,9-11H2,1-3H3,(H,21,24);1H. The fourth-order valence-corrected chi connectivity index (χ4v) is 3.99. The van der Waals surface area contributed by atoms with E-state index in [0.29, 0.717) is 43.1 Å². The zero-order chi connectivity index (χ0) is 18.2. The number of hydrogen-bond acceptors (Lipinski definition) is 4. The van der Waals surface area contributed by atoms with Crippen molar-refractivity contribution in [2.75, 3.05) is 26.7 Å². The molecule has 7 heteroatoms. The minimum absolute atomic E-state index is 0. The van der Waals surface area contributed by atoms with E-state index >= 15 is 0 Å². The first kappa shape index (κ1) is 20.6. The normalized spacial score (nSPS) is 19.7. The van der Waals surface area contributed by atoms with Crippen LogP contribution in [0.1, 0.15) is 59.5 Å². The molecule has 1 fully saturated rings. The van der Waals surface area contributed by atoms with Crippen LogP contribution >= 0.6 is 12.4 Å². The SMILES string of the molecule is CNCC1CCN(C(=O)c2cc3c([nH]c2=O)CC(C)(C)CC3=O)CC1.Cl. The van der Waals surface area contributed by atoms with Gasteiger partial charge in [0.05, 0.1) is 0 Å². The molecular formula is C19H28ClN3O3. The van der Waals surface area contributed by atoms with Gasteiger partial charge in [0.1, 0.15) is 5.56 Å². The van der Waals surface area contributed by atoms with Gasteiger partial charge in [-0.3, -0.25) is 14.4 Å². The molecule has 0 aromatic carbocycles. The number of fused-ring (bicyclic) bond motifs is 1. The molecule has 0 bridgehead atoms. The molecule has 0 saturated carbocycles. The van der Waals surface area contributed by atoms with Crippen molar-refractivity contribution in [3.63, 3.8) is 0 Å². The highest BCUT2D eigenvalue weighted by molar-refractivity contribution is 6.02. The van der Waals surface area contributed by atoms with Crippen molar-refractivity contribution < 1.29 is 9.59 Å². The Kier molecular flexibility index (Phi) is 6.29. The molecule has 1 aliphatic carbocycles. The molecule has 0 atom stereocenters. The summed E-state index contributed by atoms with van der Waals surface area (Å²) in [5.74, 6) is 0.313. The van der Waals surface area contributed by atoms with Crippen molar-refractivity contribution in [1.29, 1.82) is 0 Å². The lowest BCUT2D eigenvalue weighted by atomic mass is 9.75. The number of aromatic amines is 1. The maximum atomic E-state index is 12.8. The molecule has 2 heterocycles. The number of piperidine rings is 1. The summed E-state index contributed by atoms with van der Waals surface area (Å²) >= 11 is 0. The number of nitrogens with one attached hydrogen (secondary N) is 2. The van der Waals surface area contributed by atoms with E-state index in [2.05, 4.69) is 10.3 Å². The number of Topliss-reactive ketones (excluding diaryl/α,β-unsaturated/α-hetero) is 1. The Labute approximate surface area is 160 Å². The van der Waals surface area contributed by atoms with Crippen molar-refractivity contribution in [3.05, 3.63) is 33.2 Å².